The van der Waals surface area contributed by atoms with Gasteiger partial charge in [0.15, 0.2) is 0 Å². The lowest BCUT2D eigenvalue weighted by molar-refractivity contribution is 0.0600. The number of rotatable bonds is 4. The predicted molar refractivity (Wildman–Crippen MR) is 43.9 cm³/mol. The Morgan fingerprint density at radius 3 is 3.00 bits per heavy atom. The van der Waals surface area contributed by atoms with E-state index in [2.05, 4.69) is 0 Å². The highest BCUT2D eigenvalue weighted by molar-refractivity contribution is 4.91. The smallest absolute Gasteiger partial charge is 0.0845 e. The largest absolute Gasteiger partial charge is 0.394 e. The van der Waals surface area contributed by atoms with Crippen molar-refractivity contribution in [2.24, 2.45) is 5.92 Å². The van der Waals surface area contributed by atoms with E-state index < -0.39 is 0 Å². The first-order valence-corrected chi connectivity index (χ1v) is 4.74. The van der Waals surface area contributed by atoms with E-state index in [-0.39, 0.29) is 6.61 Å². The number of ether oxygens (including phenoxy) is 2. The van der Waals surface area contributed by atoms with Gasteiger partial charge in [-0.15, -0.1) is 0 Å². The van der Waals surface area contributed by atoms with Crippen molar-refractivity contribution in [3.63, 3.8) is 0 Å². The molecule has 0 spiro atoms. The van der Waals surface area contributed by atoms with E-state index in [4.69, 9.17) is 14.6 Å². The van der Waals surface area contributed by atoms with Crippen LogP contribution in [0.4, 0.5) is 0 Å². The van der Waals surface area contributed by atoms with E-state index in [1.807, 2.05) is 0 Å². The number of epoxide rings is 1. The Bertz CT molecular complexity index is 149. The van der Waals surface area contributed by atoms with Gasteiger partial charge in [-0.3, -0.25) is 0 Å². The predicted octanol–water partition coefficient (Wildman–Crippen LogP) is 0.563. The topological polar surface area (TPSA) is 42.0 Å². The van der Waals surface area contributed by atoms with E-state index in [1.54, 1.807) is 0 Å². The highest BCUT2D eigenvalue weighted by atomic mass is 16.6. The van der Waals surface area contributed by atoms with Crippen molar-refractivity contribution in [1.29, 1.82) is 0 Å². The Labute approximate surface area is 72.7 Å². The zero-order valence-corrected chi connectivity index (χ0v) is 7.24. The molecule has 0 aromatic heterocycles. The number of hydrogen-bond acceptors (Lipinski definition) is 3. The van der Waals surface area contributed by atoms with Crippen LogP contribution < -0.4 is 0 Å². The molecule has 0 radical (unpaired) electrons. The summed E-state index contributed by atoms with van der Waals surface area (Å²) in [5, 5.41) is 8.51. The molecular weight excluding hydrogens is 156 g/mol. The summed E-state index contributed by atoms with van der Waals surface area (Å²) in [6, 6.07) is 0. The molecule has 2 aliphatic rings. The average Bonchev–Trinajstić information content (AvgIpc) is 2.83. The fourth-order valence-electron chi connectivity index (χ4n) is 1.95. The van der Waals surface area contributed by atoms with Gasteiger partial charge in [0.2, 0.25) is 0 Å². The van der Waals surface area contributed by atoms with Crippen LogP contribution in [0.15, 0.2) is 0 Å². The van der Waals surface area contributed by atoms with E-state index in [9.17, 15) is 0 Å². The van der Waals surface area contributed by atoms with E-state index in [1.165, 1.54) is 12.8 Å². The lowest BCUT2D eigenvalue weighted by Gasteiger charge is -2.18. The summed E-state index contributed by atoms with van der Waals surface area (Å²) in [5.41, 5.74) is 0. The molecule has 0 bridgehead atoms. The van der Waals surface area contributed by atoms with Gasteiger partial charge in [0.05, 0.1) is 25.4 Å². The molecule has 2 fully saturated rings. The third kappa shape index (κ3) is 1.97. The zero-order valence-electron chi connectivity index (χ0n) is 7.24. The third-order valence-corrected chi connectivity index (χ3v) is 2.70. The molecule has 0 aromatic carbocycles. The van der Waals surface area contributed by atoms with Crippen LogP contribution >= 0.6 is 0 Å². The Morgan fingerprint density at radius 1 is 1.33 bits per heavy atom. The molecule has 0 aromatic rings. The molecule has 3 atom stereocenters. The molecule has 1 N–H and O–H groups in total. The third-order valence-electron chi connectivity index (χ3n) is 2.70. The van der Waals surface area contributed by atoms with Crippen LogP contribution in [-0.2, 0) is 9.47 Å². The Hall–Kier alpha value is -0.120. The first-order chi connectivity index (χ1) is 5.90. The molecule has 1 saturated heterocycles. The van der Waals surface area contributed by atoms with Crippen LogP contribution in [0.25, 0.3) is 0 Å². The van der Waals surface area contributed by atoms with E-state index in [0.717, 1.165) is 13.0 Å². The van der Waals surface area contributed by atoms with Gasteiger partial charge in [0.1, 0.15) is 0 Å². The maximum atomic E-state index is 8.51. The van der Waals surface area contributed by atoms with Gasteiger partial charge in [-0.25, -0.2) is 0 Å². The van der Waals surface area contributed by atoms with E-state index in [0.29, 0.717) is 24.7 Å². The highest BCUT2D eigenvalue weighted by Gasteiger charge is 2.43. The number of aliphatic hydroxyl groups is 1. The van der Waals surface area contributed by atoms with Crippen molar-refractivity contribution >= 4 is 0 Å². The average molecular weight is 172 g/mol. The normalized spacial score (nSPS) is 39.2. The fraction of sp³-hybridized carbons (Fsp3) is 1.00. The van der Waals surface area contributed by atoms with Crippen molar-refractivity contribution in [2.75, 3.05) is 19.8 Å². The van der Waals surface area contributed by atoms with Crippen LogP contribution in [0.5, 0.6) is 0 Å². The van der Waals surface area contributed by atoms with Gasteiger partial charge in [-0.1, -0.05) is 0 Å². The molecule has 1 heterocycles. The van der Waals surface area contributed by atoms with Crippen LogP contribution in [-0.4, -0.2) is 37.1 Å². The molecule has 1 aliphatic carbocycles. The second-order valence-electron chi connectivity index (χ2n) is 3.69. The minimum Gasteiger partial charge on any atom is -0.394 e. The zero-order chi connectivity index (χ0) is 8.39. The highest BCUT2D eigenvalue weighted by Crippen LogP contribution is 2.39. The van der Waals surface area contributed by atoms with Crippen molar-refractivity contribution < 1.29 is 14.6 Å². The summed E-state index contributed by atoms with van der Waals surface area (Å²) in [6.07, 6.45) is 4.72. The van der Waals surface area contributed by atoms with Gasteiger partial charge in [0.25, 0.3) is 0 Å². The SMILES string of the molecule is OCCOCC1CCC2OC2C1. The van der Waals surface area contributed by atoms with Gasteiger partial charge in [-0.2, -0.15) is 0 Å². The minimum atomic E-state index is 0.134. The summed E-state index contributed by atoms with van der Waals surface area (Å²) in [7, 11) is 0. The fourth-order valence-corrected chi connectivity index (χ4v) is 1.95. The molecule has 2 rings (SSSR count). The molecule has 12 heavy (non-hydrogen) atoms. The maximum Gasteiger partial charge on any atom is 0.0845 e. The number of aliphatic hydroxyl groups excluding tert-OH is 1. The quantitative estimate of drug-likeness (QED) is 0.497. The van der Waals surface area contributed by atoms with Crippen molar-refractivity contribution in [3.8, 4) is 0 Å². The standard InChI is InChI=1S/C9H16O3/c10-3-4-11-6-7-1-2-8-9(5-7)12-8/h7-10H,1-6H2. The lowest BCUT2D eigenvalue weighted by atomic mass is 9.90. The molecule has 70 valence electrons. The minimum absolute atomic E-state index is 0.134. The monoisotopic (exact) mass is 172 g/mol. The lowest BCUT2D eigenvalue weighted by Crippen LogP contribution is -2.19. The Morgan fingerprint density at radius 2 is 2.25 bits per heavy atom. The molecule has 1 aliphatic heterocycles. The molecule has 3 unspecified atom stereocenters. The van der Waals surface area contributed by atoms with E-state index >= 15 is 0 Å². The number of fused-ring (bicyclic) bond motifs is 1. The summed E-state index contributed by atoms with van der Waals surface area (Å²) in [5.74, 6) is 0.667. The van der Waals surface area contributed by atoms with Crippen molar-refractivity contribution in [3.05, 3.63) is 0 Å². The first kappa shape index (κ1) is 8.48. The van der Waals surface area contributed by atoms with Gasteiger partial charge >= 0.3 is 0 Å². The van der Waals surface area contributed by atoms with Crippen LogP contribution in [0.2, 0.25) is 0 Å². The summed E-state index contributed by atoms with van der Waals surface area (Å²) in [4.78, 5) is 0. The number of hydrogen-bond donors (Lipinski definition) is 1. The molecule has 0 amide bonds. The maximum absolute atomic E-state index is 8.51. The van der Waals surface area contributed by atoms with Crippen LogP contribution in [0, 0.1) is 5.92 Å². The summed E-state index contributed by atoms with van der Waals surface area (Å²) < 4.78 is 10.7. The Balaban J connectivity index is 1.61. The second kappa shape index (κ2) is 3.73. The van der Waals surface area contributed by atoms with Crippen LogP contribution in [0.1, 0.15) is 19.3 Å². The molecular formula is C9H16O3. The summed E-state index contributed by atoms with van der Waals surface area (Å²) >= 11 is 0. The second-order valence-corrected chi connectivity index (χ2v) is 3.69. The van der Waals surface area contributed by atoms with Gasteiger partial charge < -0.3 is 14.6 Å². The molecule has 3 heteroatoms. The van der Waals surface area contributed by atoms with Crippen molar-refractivity contribution in [1.82, 2.24) is 0 Å². The first-order valence-electron chi connectivity index (χ1n) is 4.74. The van der Waals surface area contributed by atoms with Crippen molar-refractivity contribution in [2.45, 2.75) is 31.5 Å². The van der Waals surface area contributed by atoms with Gasteiger partial charge in [-0.05, 0) is 25.2 Å². The Kier molecular flexibility index (Phi) is 2.63. The van der Waals surface area contributed by atoms with Gasteiger partial charge in [0, 0.05) is 6.61 Å². The van der Waals surface area contributed by atoms with Crippen LogP contribution in [0.3, 0.4) is 0 Å². The molecule has 3 nitrogen and oxygen atoms in total. The molecule has 1 saturated carbocycles. The summed E-state index contributed by atoms with van der Waals surface area (Å²) in [6.45, 7) is 1.41.